The molecule has 1 N–H and O–H groups in total. The molecule has 0 fully saturated rings. The van der Waals surface area contributed by atoms with Crippen LogP contribution < -0.4 is 4.74 Å². The van der Waals surface area contributed by atoms with Crippen LogP contribution in [0, 0.1) is 0 Å². The van der Waals surface area contributed by atoms with Crippen LogP contribution in [0.25, 0.3) is 0 Å². The lowest BCUT2D eigenvalue weighted by atomic mass is 9.89. The number of hydrogen-bond acceptors (Lipinski definition) is 2. The molecule has 0 radical (unpaired) electrons. The molecular formula is C13H19BrO2. The average Bonchev–Trinajstić information content (AvgIpc) is 2.29. The summed E-state index contributed by atoms with van der Waals surface area (Å²) in [6.45, 7) is 4.03. The van der Waals surface area contributed by atoms with Gasteiger partial charge in [-0.05, 0) is 46.5 Å². The third-order valence-corrected chi connectivity index (χ3v) is 3.69. The highest BCUT2D eigenvalue weighted by atomic mass is 79.9. The van der Waals surface area contributed by atoms with Crippen molar-refractivity contribution in [1.29, 1.82) is 0 Å². The van der Waals surface area contributed by atoms with Gasteiger partial charge in [-0.2, -0.15) is 0 Å². The number of benzene rings is 1. The molecule has 0 amide bonds. The number of halogens is 1. The Morgan fingerprint density at radius 2 is 1.94 bits per heavy atom. The summed E-state index contributed by atoms with van der Waals surface area (Å²) in [5.74, 6) is 0.820. The maximum absolute atomic E-state index is 10.3. The summed E-state index contributed by atoms with van der Waals surface area (Å²) in [5, 5.41) is 10.3. The second kappa shape index (κ2) is 5.69. The van der Waals surface area contributed by atoms with Gasteiger partial charge in [0.25, 0.3) is 0 Å². The van der Waals surface area contributed by atoms with Crippen molar-refractivity contribution in [3.05, 3.63) is 28.2 Å². The highest BCUT2D eigenvalue weighted by molar-refractivity contribution is 9.10. The van der Waals surface area contributed by atoms with Gasteiger partial charge in [0.1, 0.15) is 5.75 Å². The van der Waals surface area contributed by atoms with Gasteiger partial charge in [-0.25, -0.2) is 0 Å². The number of aliphatic hydroxyl groups is 1. The Morgan fingerprint density at radius 1 is 1.31 bits per heavy atom. The van der Waals surface area contributed by atoms with E-state index in [1.165, 1.54) is 0 Å². The molecule has 3 heteroatoms. The summed E-state index contributed by atoms with van der Waals surface area (Å²) >= 11 is 3.45. The minimum absolute atomic E-state index is 0.589. The molecule has 0 aromatic heterocycles. The molecule has 0 atom stereocenters. The zero-order valence-electron chi connectivity index (χ0n) is 10.1. The first kappa shape index (κ1) is 13.5. The molecule has 0 aliphatic carbocycles. The zero-order chi connectivity index (χ0) is 12.2. The van der Waals surface area contributed by atoms with Gasteiger partial charge in [-0.3, -0.25) is 0 Å². The van der Waals surface area contributed by atoms with Crippen molar-refractivity contribution in [3.8, 4) is 5.75 Å². The summed E-state index contributed by atoms with van der Waals surface area (Å²) in [6.07, 6.45) is 2.23. The lowest BCUT2D eigenvalue weighted by molar-refractivity contribution is 0.0326. The molecule has 2 nitrogen and oxygen atoms in total. The quantitative estimate of drug-likeness (QED) is 0.897. The topological polar surface area (TPSA) is 29.5 Å². The van der Waals surface area contributed by atoms with E-state index in [0.29, 0.717) is 6.42 Å². The second-order valence-corrected chi connectivity index (χ2v) is 4.93. The molecule has 0 spiro atoms. The highest BCUT2D eigenvalue weighted by Gasteiger charge is 2.22. The van der Waals surface area contributed by atoms with Crippen molar-refractivity contribution in [2.45, 2.75) is 38.7 Å². The fraction of sp³-hybridized carbons (Fsp3) is 0.538. The fourth-order valence-electron chi connectivity index (χ4n) is 1.70. The van der Waals surface area contributed by atoms with Gasteiger partial charge < -0.3 is 9.84 Å². The molecule has 0 aliphatic rings. The molecule has 0 aliphatic heterocycles. The number of methoxy groups -OCH3 is 1. The van der Waals surface area contributed by atoms with Crippen LogP contribution in [-0.2, 0) is 6.42 Å². The van der Waals surface area contributed by atoms with Crippen molar-refractivity contribution in [3.63, 3.8) is 0 Å². The van der Waals surface area contributed by atoms with Crippen molar-refractivity contribution in [1.82, 2.24) is 0 Å². The van der Waals surface area contributed by atoms with E-state index in [2.05, 4.69) is 15.9 Å². The van der Waals surface area contributed by atoms with Gasteiger partial charge in [0, 0.05) is 6.42 Å². The maximum atomic E-state index is 10.3. The maximum Gasteiger partial charge on any atom is 0.133 e. The first-order valence-corrected chi connectivity index (χ1v) is 6.38. The minimum atomic E-state index is -0.589. The third-order valence-electron chi connectivity index (χ3n) is 3.07. The molecule has 0 unspecified atom stereocenters. The molecule has 90 valence electrons. The fourth-order valence-corrected chi connectivity index (χ4v) is 2.29. The summed E-state index contributed by atoms with van der Waals surface area (Å²) in [5.41, 5.74) is 0.535. The molecule has 1 rings (SSSR count). The third kappa shape index (κ3) is 3.22. The largest absolute Gasteiger partial charge is 0.496 e. The Hall–Kier alpha value is -0.540. The predicted molar refractivity (Wildman–Crippen MR) is 69.9 cm³/mol. The summed E-state index contributed by atoms with van der Waals surface area (Å²) < 4.78 is 6.11. The molecule has 0 bridgehead atoms. The lowest BCUT2D eigenvalue weighted by Crippen LogP contribution is -2.29. The summed E-state index contributed by atoms with van der Waals surface area (Å²) in [6, 6.07) is 5.93. The molecule has 1 aromatic carbocycles. The van der Waals surface area contributed by atoms with Gasteiger partial charge in [0.05, 0.1) is 17.2 Å². The van der Waals surface area contributed by atoms with E-state index < -0.39 is 5.60 Å². The molecule has 0 saturated carbocycles. The van der Waals surface area contributed by atoms with Crippen LogP contribution in [0.15, 0.2) is 22.7 Å². The van der Waals surface area contributed by atoms with Gasteiger partial charge >= 0.3 is 0 Å². The van der Waals surface area contributed by atoms with Crippen LogP contribution in [-0.4, -0.2) is 17.8 Å². The Morgan fingerprint density at radius 3 is 2.38 bits per heavy atom. The molecule has 16 heavy (non-hydrogen) atoms. The molecular weight excluding hydrogens is 268 g/mol. The van der Waals surface area contributed by atoms with Crippen LogP contribution >= 0.6 is 15.9 Å². The van der Waals surface area contributed by atoms with Crippen LogP contribution in [0.2, 0.25) is 0 Å². The van der Waals surface area contributed by atoms with Gasteiger partial charge in [-0.15, -0.1) is 0 Å². The van der Waals surface area contributed by atoms with Crippen LogP contribution in [0.4, 0.5) is 0 Å². The monoisotopic (exact) mass is 286 g/mol. The van der Waals surface area contributed by atoms with Crippen molar-refractivity contribution in [2.75, 3.05) is 7.11 Å². The normalized spacial score (nSPS) is 11.6. The van der Waals surface area contributed by atoms with Crippen LogP contribution in [0.5, 0.6) is 5.75 Å². The standard InChI is InChI=1S/C13H19BrO2/c1-4-13(15,5-2)9-10-6-7-12(16-3)11(14)8-10/h6-8,15H,4-5,9H2,1-3H3. The van der Waals surface area contributed by atoms with Crippen molar-refractivity contribution in [2.24, 2.45) is 0 Å². The number of ether oxygens (including phenoxy) is 1. The van der Waals surface area contributed by atoms with E-state index in [1.807, 2.05) is 32.0 Å². The van der Waals surface area contributed by atoms with E-state index in [-0.39, 0.29) is 0 Å². The smallest absolute Gasteiger partial charge is 0.133 e. The Bertz CT molecular complexity index is 346. The Labute approximate surface area is 106 Å². The molecule has 0 saturated heterocycles. The first-order chi connectivity index (χ1) is 7.54. The number of hydrogen-bond donors (Lipinski definition) is 1. The van der Waals surface area contributed by atoms with E-state index in [4.69, 9.17) is 4.74 Å². The van der Waals surface area contributed by atoms with E-state index in [0.717, 1.165) is 28.6 Å². The van der Waals surface area contributed by atoms with E-state index >= 15 is 0 Å². The predicted octanol–water partition coefficient (Wildman–Crippen LogP) is 3.55. The average molecular weight is 287 g/mol. The second-order valence-electron chi connectivity index (χ2n) is 4.08. The minimum Gasteiger partial charge on any atom is -0.496 e. The lowest BCUT2D eigenvalue weighted by Gasteiger charge is -2.25. The summed E-state index contributed by atoms with van der Waals surface area (Å²) in [4.78, 5) is 0. The van der Waals surface area contributed by atoms with Crippen LogP contribution in [0.1, 0.15) is 32.3 Å². The van der Waals surface area contributed by atoms with Crippen molar-refractivity contribution >= 4 is 15.9 Å². The van der Waals surface area contributed by atoms with Gasteiger partial charge in [0.2, 0.25) is 0 Å². The van der Waals surface area contributed by atoms with Crippen molar-refractivity contribution < 1.29 is 9.84 Å². The van der Waals surface area contributed by atoms with Gasteiger partial charge in [-0.1, -0.05) is 19.9 Å². The Balaban J connectivity index is 2.86. The molecule has 1 aromatic rings. The zero-order valence-corrected chi connectivity index (χ0v) is 11.7. The summed E-state index contributed by atoms with van der Waals surface area (Å²) in [7, 11) is 1.65. The Kier molecular flexibility index (Phi) is 4.81. The SMILES string of the molecule is CCC(O)(CC)Cc1ccc(OC)c(Br)c1. The van der Waals surface area contributed by atoms with Gasteiger partial charge in [0.15, 0.2) is 0 Å². The highest BCUT2D eigenvalue weighted by Crippen LogP contribution is 2.28. The van der Waals surface area contributed by atoms with E-state index in [1.54, 1.807) is 7.11 Å². The van der Waals surface area contributed by atoms with Crippen LogP contribution in [0.3, 0.4) is 0 Å². The van der Waals surface area contributed by atoms with E-state index in [9.17, 15) is 5.11 Å². The first-order valence-electron chi connectivity index (χ1n) is 5.59. The molecule has 0 heterocycles. The number of rotatable bonds is 5.